The number of β-lactam (4-membered cyclic amide) rings is 1. The first-order valence-electron chi connectivity index (χ1n) is 10.1. The second kappa shape index (κ2) is 10.0. The summed E-state index contributed by atoms with van der Waals surface area (Å²) in [4.78, 5) is 40.8. The lowest BCUT2D eigenvalue weighted by Crippen LogP contribution is -2.75. The molecule has 3 atom stereocenters. The lowest BCUT2D eigenvalue weighted by atomic mass is 9.89. The molecular weight excluding hydrogens is 542 g/mol. The number of aryl methyl sites for hydroxylation is 1. The Balaban J connectivity index is 1.47. The molecule has 0 bridgehead atoms. The van der Waals surface area contributed by atoms with Crippen molar-refractivity contribution in [3.8, 4) is 0 Å². The minimum absolute atomic E-state index is 0.0130. The summed E-state index contributed by atoms with van der Waals surface area (Å²) >= 11 is 3.61. The van der Waals surface area contributed by atoms with E-state index in [9.17, 15) is 27.9 Å². The van der Waals surface area contributed by atoms with Gasteiger partial charge in [0.05, 0.1) is 23.8 Å². The Bertz CT molecular complexity index is 1220. The molecule has 2 aliphatic rings. The number of carbonyl (C=O) groups excluding carboxylic acids is 2. The van der Waals surface area contributed by atoms with Gasteiger partial charge in [-0.25, -0.2) is 4.68 Å². The minimum atomic E-state index is -4.23. The average Bonchev–Trinajstić information content (AvgIpc) is 3.50. The third-order valence-corrected chi connectivity index (χ3v) is 9.96. The molecule has 4 N–H and O–H groups in total. The monoisotopic (exact) mass is 563 g/mol. The highest BCUT2D eigenvalue weighted by Crippen LogP contribution is 2.46. The highest BCUT2D eigenvalue weighted by Gasteiger charge is 2.59. The molecule has 0 aliphatic carbocycles. The third kappa shape index (κ3) is 5.17. The first-order valence-corrected chi connectivity index (χ1v) is 14.6. The van der Waals surface area contributed by atoms with Crippen LogP contribution in [0.1, 0.15) is 0 Å². The number of anilines is 1. The van der Waals surface area contributed by atoms with Crippen LogP contribution in [0.5, 0.6) is 0 Å². The van der Waals surface area contributed by atoms with Crippen LogP contribution >= 0.6 is 34.9 Å². The van der Waals surface area contributed by atoms with Crippen LogP contribution in [0.25, 0.3) is 0 Å². The summed E-state index contributed by atoms with van der Waals surface area (Å²) in [6.07, 6.45) is 0. The Labute approximate surface area is 211 Å². The number of rotatable bonds is 10. The molecule has 4 heterocycles. The van der Waals surface area contributed by atoms with E-state index in [2.05, 4.69) is 15.5 Å². The maximum Gasteiger partial charge on any atom is 0.313 e. The van der Waals surface area contributed by atoms with Gasteiger partial charge >= 0.3 is 5.97 Å². The van der Waals surface area contributed by atoms with Gasteiger partial charge in [-0.15, -0.1) is 28.2 Å². The summed E-state index contributed by atoms with van der Waals surface area (Å²) in [5.41, 5.74) is 4.25. The fraction of sp³-hybridized carbons (Fsp3) is 0.529. The van der Waals surface area contributed by atoms with Crippen molar-refractivity contribution in [2.45, 2.75) is 23.1 Å². The highest BCUT2D eigenvalue weighted by molar-refractivity contribution is 8.00. The van der Waals surface area contributed by atoms with E-state index in [0.29, 0.717) is 5.00 Å². The number of nitrogens with two attached hydrogens (primary N) is 1. The van der Waals surface area contributed by atoms with E-state index in [1.807, 2.05) is 0 Å². The van der Waals surface area contributed by atoms with Crippen molar-refractivity contribution in [1.29, 1.82) is 0 Å². The highest BCUT2D eigenvalue weighted by atomic mass is 32.2. The molecule has 2 saturated heterocycles. The second-order valence-corrected chi connectivity index (χ2v) is 12.4. The van der Waals surface area contributed by atoms with E-state index < -0.39 is 44.6 Å². The van der Waals surface area contributed by atoms with E-state index in [-0.39, 0.29) is 42.2 Å². The van der Waals surface area contributed by atoms with Crippen molar-refractivity contribution in [1.82, 2.24) is 25.1 Å². The molecule has 14 nitrogen and oxygen atoms in total. The quantitative estimate of drug-likeness (QED) is 0.182. The van der Waals surface area contributed by atoms with Crippen LogP contribution in [0.2, 0.25) is 0 Å². The molecule has 0 aromatic carbocycles. The number of carboxylic acid groups (broad SMARTS) is 1. The van der Waals surface area contributed by atoms with Crippen LogP contribution < -0.4 is 10.6 Å². The van der Waals surface area contributed by atoms with Crippen molar-refractivity contribution >= 4 is 67.8 Å². The first-order chi connectivity index (χ1) is 16.6. The van der Waals surface area contributed by atoms with Crippen molar-refractivity contribution in [3.05, 3.63) is 17.5 Å². The van der Waals surface area contributed by atoms with Crippen LogP contribution in [-0.4, -0.2) is 103 Å². The molecular formula is C17H21N7O7S4. The zero-order valence-electron chi connectivity index (χ0n) is 18.0. The van der Waals surface area contributed by atoms with Crippen molar-refractivity contribution in [2.24, 2.45) is 11.1 Å². The summed E-state index contributed by atoms with van der Waals surface area (Å²) < 4.78 is 32.1. The smallest absolute Gasteiger partial charge is 0.313 e. The second-order valence-electron chi connectivity index (χ2n) is 7.88. The van der Waals surface area contributed by atoms with Gasteiger partial charge in [0, 0.05) is 18.1 Å². The van der Waals surface area contributed by atoms with E-state index in [1.54, 1.807) is 17.5 Å². The normalized spacial score (nSPS) is 24.1. The number of aliphatic carboxylic acids is 1. The molecule has 2 aliphatic heterocycles. The predicted molar refractivity (Wildman–Crippen MR) is 128 cm³/mol. The van der Waals surface area contributed by atoms with Crippen LogP contribution in [0, 0.1) is 5.41 Å². The van der Waals surface area contributed by atoms with Gasteiger partial charge in [0.2, 0.25) is 17.0 Å². The maximum absolute atomic E-state index is 13.1. The van der Waals surface area contributed by atoms with Crippen LogP contribution in [0.4, 0.5) is 5.00 Å². The van der Waals surface area contributed by atoms with Gasteiger partial charge in [-0.1, -0.05) is 11.8 Å². The molecule has 35 heavy (non-hydrogen) atoms. The Hall–Kier alpha value is -2.25. The van der Waals surface area contributed by atoms with Gasteiger partial charge in [0.1, 0.15) is 16.8 Å². The molecule has 18 heteroatoms. The standard InChI is InChI=1S/C17H21N7O7S4/c18-6-10(25)24(11-2-1-4-32-11)12-13(26)22-7-17(15(27)28,8-33-14(12)22)9-34-16-19-20-21-23(16)3-5-35(29,30)31/h1-2,4,12,14H,3,5-9,18H2,(H,27,28)(H,29,30,31)/t12?,14-,17?/m1/s1. The molecule has 190 valence electrons. The topological polar surface area (TPSA) is 202 Å². The molecule has 4 rings (SSSR count). The number of thiophene rings is 1. The zero-order chi connectivity index (χ0) is 25.4. The van der Waals surface area contributed by atoms with Crippen LogP contribution in [0.15, 0.2) is 22.7 Å². The van der Waals surface area contributed by atoms with Gasteiger partial charge in [0.15, 0.2) is 0 Å². The van der Waals surface area contributed by atoms with Gasteiger partial charge < -0.3 is 15.7 Å². The number of amides is 2. The first kappa shape index (κ1) is 25.8. The summed E-state index contributed by atoms with van der Waals surface area (Å²) in [6, 6.07) is 2.73. The molecule has 2 amide bonds. The van der Waals surface area contributed by atoms with Crippen LogP contribution in [0.3, 0.4) is 0 Å². The molecule has 2 aromatic rings. The Morgan fingerprint density at radius 2 is 2.17 bits per heavy atom. The molecule has 2 unspecified atom stereocenters. The number of tetrazole rings is 1. The van der Waals surface area contributed by atoms with E-state index in [1.165, 1.54) is 32.9 Å². The summed E-state index contributed by atoms with van der Waals surface area (Å²) in [5, 5.41) is 23.2. The maximum atomic E-state index is 13.1. The van der Waals surface area contributed by atoms with Crippen molar-refractivity contribution in [3.63, 3.8) is 0 Å². The number of aromatic nitrogens is 4. The van der Waals surface area contributed by atoms with E-state index in [4.69, 9.17) is 10.3 Å². The number of thioether (sulfide) groups is 2. The predicted octanol–water partition coefficient (Wildman–Crippen LogP) is -0.939. The van der Waals surface area contributed by atoms with Gasteiger partial charge in [0.25, 0.3) is 10.1 Å². The molecule has 0 spiro atoms. The number of hydrogen-bond donors (Lipinski definition) is 3. The minimum Gasteiger partial charge on any atom is -0.481 e. The van der Waals surface area contributed by atoms with E-state index >= 15 is 0 Å². The SMILES string of the molecule is NCC(=O)N(c1cccs1)C1C(=O)N2CC(CSc3nnnn3CCS(=O)(=O)O)(C(=O)O)CS[C@H]12. The van der Waals surface area contributed by atoms with Gasteiger partial charge in [-0.2, -0.15) is 8.42 Å². The lowest BCUT2D eigenvalue weighted by molar-refractivity contribution is -0.156. The lowest BCUT2D eigenvalue weighted by Gasteiger charge is -2.56. The number of carbonyl (C=O) groups is 3. The van der Waals surface area contributed by atoms with Gasteiger partial charge in [-0.3, -0.25) is 23.8 Å². The number of carboxylic acids is 1. The fourth-order valence-corrected chi connectivity index (χ4v) is 7.75. The summed E-state index contributed by atoms with van der Waals surface area (Å²) in [6.45, 7) is -0.532. The Morgan fingerprint density at radius 3 is 2.80 bits per heavy atom. The Kier molecular flexibility index (Phi) is 7.39. The molecule has 2 fully saturated rings. The van der Waals surface area contributed by atoms with Gasteiger partial charge in [-0.05, 0) is 27.9 Å². The summed E-state index contributed by atoms with van der Waals surface area (Å²) in [5.74, 6) is -2.27. The summed E-state index contributed by atoms with van der Waals surface area (Å²) in [7, 11) is -4.23. The fourth-order valence-electron chi connectivity index (χ4n) is 3.75. The molecule has 2 aromatic heterocycles. The molecule has 0 saturated carbocycles. The number of nitrogens with zero attached hydrogens (tertiary/aromatic N) is 6. The zero-order valence-corrected chi connectivity index (χ0v) is 21.2. The van der Waals surface area contributed by atoms with Crippen molar-refractivity contribution in [2.75, 3.05) is 35.2 Å². The average molecular weight is 564 g/mol. The Morgan fingerprint density at radius 1 is 1.40 bits per heavy atom. The third-order valence-electron chi connectivity index (χ3n) is 5.57. The largest absolute Gasteiger partial charge is 0.481 e. The van der Waals surface area contributed by atoms with Crippen molar-refractivity contribution < 1.29 is 32.5 Å². The van der Waals surface area contributed by atoms with Crippen LogP contribution in [-0.2, 0) is 31.0 Å². The van der Waals surface area contributed by atoms with E-state index in [0.717, 1.165) is 16.4 Å². The molecule has 0 radical (unpaired) electrons. The number of fused-ring (bicyclic) bond motifs is 1. The number of hydrogen-bond acceptors (Lipinski definition) is 12.